The van der Waals surface area contributed by atoms with E-state index < -0.39 is 5.83 Å². The maximum Gasteiger partial charge on any atom is 0.118 e. The monoisotopic (exact) mass is 140 g/mol. The molecule has 0 aliphatic heterocycles. The van der Waals surface area contributed by atoms with Crippen LogP contribution in [0.3, 0.4) is 0 Å². The van der Waals surface area contributed by atoms with Crippen LogP contribution < -0.4 is 0 Å². The van der Waals surface area contributed by atoms with Crippen LogP contribution in [0.4, 0.5) is 4.39 Å². The zero-order chi connectivity index (χ0) is 5.86. The first kappa shape index (κ1) is 6.99. The van der Waals surface area contributed by atoms with Crippen molar-refractivity contribution in [1.82, 2.24) is 0 Å². The van der Waals surface area contributed by atoms with Crippen LogP contribution in [0.25, 0.3) is 0 Å². The highest BCUT2D eigenvalue weighted by atomic mass is 35.5. The van der Waals surface area contributed by atoms with Gasteiger partial charge in [-0.25, -0.2) is 4.39 Å². The molecule has 0 aliphatic carbocycles. The van der Waals surface area contributed by atoms with E-state index in [0.29, 0.717) is 0 Å². The highest BCUT2D eigenvalue weighted by molar-refractivity contribution is 6.56. The number of hydrogen-bond acceptors (Lipinski definition) is 0. The van der Waals surface area contributed by atoms with Gasteiger partial charge in [-0.05, 0) is 0 Å². The Bertz CT molecular complexity index is 102. The van der Waals surface area contributed by atoms with Gasteiger partial charge in [-0.1, -0.05) is 29.8 Å². The average molecular weight is 141 g/mol. The molecule has 0 saturated carbocycles. The largest absolute Gasteiger partial charge is 0.208 e. The minimum atomic E-state index is -0.639. The predicted octanol–water partition coefficient (Wildman–Crippen LogP) is 2.79. The molecule has 0 rings (SSSR count). The Morgan fingerprint density at radius 1 is 1.57 bits per heavy atom. The van der Waals surface area contributed by atoms with E-state index in [9.17, 15) is 4.39 Å². The highest BCUT2D eigenvalue weighted by Crippen LogP contribution is 2.09. The molecule has 0 spiro atoms. The summed E-state index contributed by atoms with van der Waals surface area (Å²) in [4.78, 5) is 0. The van der Waals surface area contributed by atoms with E-state index in [-0.39, 0.29) is 4.49 Å². The molecule has 0 aromatic rings. The van der Waals surface area contributed by atoms with Crippen molar-refractivity contribution in [2.45, 2.75) is 0 Å². The van der Waals surface area contributed by atoms with E-state index in [1.165, 1.54) is 0 Å². The maximum atomic E-state index is 11.5. The minimum Gasteiger partial charge on any atom is -0.208 e. The van der Waals surface area contributed by atoms with Crippen molar-refractivity contribution >= 4 is 23.2 Å². The SMILES string of the molecule is C=C(F)C=C(Cl)Cl. The molecular formula is C4H3Cl2F. The van der Waals surface area contributed by atoms with Crippen molar-refractivity contribution in [3.05, 3.63) is 23.0 Å². The summed E-state index contributed by atoms with van der Waals surface area (Å²) < 4.78 is 11.4. The minimum absolute atomic E-state index is 0.118. The molecule has 3 heteroatoms. The van der Waals surface area contributed by atoms with Crippen LogP contribution in [-0.2, 0) is 0 Å². The van der Waals surface area contributed by atoms with Crippen LogP contribution in [0.2, 0.25) is 0 Å². The Kier molecular flexibility index (Phi) is 3.05. The van der Waals surface area contributed by atoms with E-state index in [2.05, 4.69) is 6.58 Å². The lowest BCUT2D eigenvalue weighted by atomic mass is 10.6. The second kappa shape index (κ2) is 3.05. The maximum absolute atomic E-state index is 11.5. The summed E-state index contributed by atoms with van der Waals surface area (Å²) in [5.74, 6) is -0.639. The first-order valence-electron chi connectivity index (χ1n) is 1.50. The standard InChI is InChI=1S/C4H3Cl2F/c1-3(7)2-4(5)6/h2H,1H2. The van der Waals surface area contributed by atoms with Gasteiger partial charge in [-0.2, -0.15) is 0 Å². The van der Waals surface area contributed by atoms with E-state index in [0.717, 1.165) is 6.08 Å². The third kappa shape index (κ3) is 5.99. The first-order chi connectivity index (χ1) is 3.13. The smallest absolute Gasteiger partial charge is 0.118 e. The number of allylic oxidation sites excluding steroid dienone is 2. The van der Waals surface area contributed by atoms with Crippen molar-refractivity contribution in [3.8, 4) is 0 Å². The lowest BCUT2D eigenvalue weighted by Gasteiger charge is -1.77. The molecule has 0 nitrogen and oxygen atoms in total. The van der Waals surface area contributed by atoms with Crippen molar-refractivity contribution in [1.29, 1.82) is 0 Å². The van der Waals surface area contributed by atoms with Crippen LogP contribution in [-0.4, -0.2) is 0 Å². The first-order valence-corrected chi connectivity index (χ1v) is 2.25. The van der Waals surface area contributed by atoms with Crippen LogP contribution in [0, 0.1) is 0 Å². The van der Waals surface area contributed by atoms with Crippen molar-refractivity contribution in [2.75, 3.05) is 0 Å². The van der Waals surface area contributed by atoms with E-state index in [1.807, 2.05) is 0 Å². The molecule has 0 N–H and O–H groups in total. The molecule has 40 valence electrons. The molecule has 0 atom stereocenters. The van der Waals surface area contributed by atoms with E-state index in [4.69, 9.17) is 23.2 Å². The topological polar surface area (TPSA) is 0 Å². The van der Waals surface area contributed by atoms with Gasteiger partial charge in [-0.15, -0.1) is 0 Å². The molecule has 0 fully saturated rings. The lowest BCUT2D eigenvalue weighted by Crippen LogP contribution is -1.55. The van der Waals surface area contributed by atoms with Crippen LogP contribution in [0.5, 0.6) is 0 Å². The van der Waals surface area contributed by atoms with Crippen LogP contribution in [0.15, 0.2) is 23.0 Å². The van der Waals surface area contributed by atoms with Crippen LogP contribution in [0.1, 0.15) is 0 Å². The fraction of sp³-hybridized carbons (Fsp3) is 0. The molecular weight excluding hydrogens is 138 g/mol. The highest BCUT2D eigenvalue weighted by Gasteiger charge is 1.83. The Labute approximate surface area is 51.2 Å². The normalized spacial score (nSPS) is 7.86. The second-order valence-corrected chi connectivity index (χ2v) is 1.89. The van der Waals surface area contributed by atoms with Gasteiger partial charge >= 0.3 is 0 Å². The number of hydrogen-bond donors (Lipinski definition) is 0. The van der Waals surface area contributed by atoms with Gasteiger partial charge in [0.25, 0.3) is 0 Å². The van der Waals surface area contributed by atoms with E-state index in [1.54, 1.807) is 0 Å². The number of halogens is 3. The molecule has 0 aliphatic rings. The predicted molar refractivity (Wildman–Crippen MR) is 30.0 cm³/mol. The third-order valence-corrected chi connectivity index (χ3v) is 0.484. The summed E-state index contributed by atoms with van der Waals surface area (Å²) in [6, 6.07) is 0. The van der Waals surface area contributed by atoms with Crippen molar-refractivity contribution in [3.63, 3.8) is 0 Å². The van der Waals surface area contributed by atoms with Crippen molar-refractivity contribution < 1.29 is 4.39 Å². The zero-order valence-electron chi connectivity index (χ0n) is 3.42. The molecule has 0 heterocycles. The molecule has 0 aromatic heterocycles. The summed E-state index contributed by atoms with van der Waals surface area (Å²) in [6.45, 7) is 2.88. The Morgan fingerprint density at radius 2 is 2.00 bits per heavy atom. The molecule has 0 radical (unpaired) electrons. The average Bonchev–Trinajstić information content (AvgIpc) is 1.27. The molecule has 0 amide bonds. The molecule has 0 aromatic carbocycles. The quantitative estimate of drug-likeness (QED) is 0.492. The second-order valence-electron chi connectivity index (χ2n) is 0.881. The van der Waals surface area contributed by atoms with Gasteiger partial charge in [-0.3, -0.25) is 0 Å². The molecule has 0 saturated heterocycles. The third-order valence-electron chi connectivity index (χ3n) is 0.266. The van der Waals surface area contributed by atoms with Gasteiger partial charge in [0, 0.05) is 6.08 Å². The van der Waals surface area contributed by atoms with Gasteiger partial charge in [0.15, 0.2) is 0 Å². The summed E-state index contributed by atoms with van der Waals surface area (Å²) in [5, 5.41) is 0. The fourth-order valence-electron chi connectivity index (χ4n) is 0.118. The summed E-state index contributed by atoms with van der Waals surface area (Å²) in [5.41, 5.74) is 0. The summed E-state index contributed by atoms with van der Waals surface area (Å²) in [7, 11) is 0. The fourth-order valence-corrected chi connectivity index (χ4v) is 0.355. The van der Waals surface area contributed by atoms with Gasteiger partial charge in [0.2, 0.25) is 0 Å². The number of rotatable bonds is 1. The Morgan fingerprint density at radius 3 is 2.00 bits per heavy atom. The molecule has 0 bridgehead atoms. The van der Waals surface area contributed by atoms with Crippen molar-refractivity contribution in [2.24, 2.45) is 0 Å². The Hall–Kier alpha value is -0.0100. The van der Waals surface area contributed by atoms with Gasteiger partial charge < -0.3 is 0 Å². The van der Waals surface area contributed by atoms with E-state index >= 15 is 0 Å². The molecule has 0 unspecified atom stereocenters. The van der Waals surface area contributed by atoms with Gasteiger partial charge in [0.05, 0.1) is 0 Å². The zero-order valence-corrected chi connectivity index (χ0v) is 4.93. The summed E-state index contributed by atoms with van der Waals surface area (Å²) >= 11 is 10.00. The summed E-state index contributed by atoms with van der Waals surface area (Å²) in [6.07, 6.45) is 0.920. The Balaban J connectivity index is 3.68. The molecule has 7 heavy (non-hydrogen) atoms. The lowest BCUT2D eigenvalue weighted by molar-refractivity contribution is 0.671. The van der Waals surface area contributed by atoms with Gasteiger partial charge in [0.1, 0.15) is 10.3 Å². The van der Waals surface area contributed by atoms with Crippen LogP contribution >= 0.6 is 23.2 Å².